The van der Waals surface area contributed by atoms with E-state index in [0.29, 0.717) is 6.42 Å². The molecule has 1 aromatic heterocycles. The lowest BCUT2D eigenvalue weighted by Gasteiger charge is -2.06. The molecule has 17 heavy (non-hydrogen) atoms. The lowest BCUT2D eigenvalue weighted by Crippen LogP contribution is -1.92. The molecular weight excluding hydrogens is 212 g/mol. The van der Waals surface area contributed by atoms with Crippen molar-refractivity contribution in [3.05, 3.63) is 48.2 Å². The van der Waals surface area contributed by atoms with Gasteiger partial charge < -0.3 is 4.74 Å². The van der Waals surface area contributed by atoms with Crippen LogP contribution in [0.3, 0.4) is 0 Å². The van der Waals surface area contributed by atoms with Gasteiger partial charge in [-0.3, -0.25) is 4.98 Å². The summed E-state index contributed by atoms with van der Waals surface area (Å²) in [4.78, 5) is 4.33. The second kappa shape index (κ2) is 5.13. The Morgan fingerprint density at radius 3 is 2.65 bits per heavy atom. The number of methoxy groups -OCH3 is 1. The molecule has 3 nitrogen and oxygen atoms in total. The molecule has 2 rings (SSSR count). The summed E-state index contributed by atoms with van der Waals surface area (Å²) >= 11 is 0. The quantitative estimate of drug-likeness (QED) is 0.805. The number of hydrogen-bond acceptors (Lipinski definition) is 3. The standard InChI is InChI=1S/C14H12N2O/c1-17-13-6-4-12(5-7-13)14-11(8-9-15)3-2-10-16-14/h2-7,10H,8H2,1H3. The van der Waals surface area contributed by atoms with Gasteiger partial charge in [-0.2, -0.15) is 5.26 Å². The Morgan fingerprint density at radius 1 is 1.24 bits per heavy atom. The normalized spacial score (nSPS) is 9.65. The Balaban J connectivity index is 2.41. The number of nitrogens with zero attached hydrogens (tertiary/aromatic N) is 2. The van der Waals surface area contributed by atoms with Crippen LogP contribution < -0.4 is 4.74 Å². The topological polar surface area (TPSA) is 45.9 Å². The van der Waals surface area contributed by atoms with E-state index >= 15 is 0 Å². The van der Waals surface area contributed by atoms with E-state index in [9.17, 15) is 0 Å². The first kappa shape index (κ1) is 11.2. The molecule has 0 radical (unpaired) electrons. The molecule has 0 saturated carbocycles. The Labute approximate surface area is 100 Å². The van der Waals surface area contributed by atoms with Gasteiger partial charge in [0.2, 0.25) is 0 Å². The minimum atomic E-state index is 0.370. The van der Waals surface area contributed by atoms with Crippen molar-refractivity contribution in [3.63, 3.8) is 0 Å². The third kappa shape index (κ3) is 2.43. The van der Waals surface area contributed by atoms with Crippen LogP contribution in [-0.2, 0) is 6.42 Å². The number of pyridine rings is 1. The van der Waals surface area contributed by atoms with E-state index in [1.54, 1.807) is 13.3 Å². The largest absolute Gasteiger partial charge is 0.497 e. The fourth-order valence-electron chi connectivity index (χ4n) is 1.68. The summed E-state index contributed by atoms with van der Waals surface area (Å²) in [5, 5.41) is 8.78. The van der Waals surface area contributed by atoms with Crippen molar-refractivity contribution >= 4 is 0 Å². The average Bonchev–Trinajstić information content (AvgIpc) is 2.40. The first-order chi connectivity index (χ1) is 8.35. The number of benzene rings is 1. The smallest absolute Gasteiger partial charge is 0.118 e. The lowest BCUT2D eigenvalue weighted by molar-refractivity contribution is 0.415. The summed E-state index contributed by atoms with van der Waals surface area (Å²) in [6.07, 6.45) is 2.11. The summed E-state index contributed by atoms with van der Waals surface area (Å²) in [7, 11) is 1.64. The van der Waals surface area contributed by atoms with Crippen molar-refractivity contribution in [2.24, 2.45) is 0 Å². The maximum absolute atomic E-state index is 8.78. The average molecular weight is 224 g/mol. The number of nitriles is 1. The summed E-state index contributed by atoms with van der Waals surface area (Å²) in [6, 6.07) is 13.6. The van der Waals surface area contributed by atoms with Crippen LogP contribution in [0.15, 0.2) is 42.6 Å². The van der Waals surface area contributed by atoms with Gasteiger partial charge in [0, 0.05) is 11.8 Å². The van der Waals surface area contributed by atoms with Crippen LogP contribution in [0.5, 0.6) is 5.75 Å². The van der Waals surface area contributed by atoms with Crippen LogP contribution in [0, 0.1) is 11.3 Å². The van der Waals surface area contributed by atoms with Gasteiger partial charge in [-0.05, 0) is 35.9 Å². The van der Waals surface area contributed by atoms with Gasteiger partial charge in [-0.15, -0.1) is 0 Å². The first-order valence-electron chi connectivity index (χ1n) is 5.30. The second-order valence-corrected chi connectivity index (χ2v) is 3.57. The minimum Gasteiger partial charge on any atom is -0.497 e. The van der Waals surface area contributed by atoms with Gasteiger partial charge in [0.05, 0.1) is 25.3 Å². The molecule has 84 valence electrons. The van der Waals surface area contributed by atoms with Crippen LogP contribution in [0.4, 0.5) is 0 Å². The molecule has 0 fully saturated rings. The Kier molecular flexibility index (Phi) is 3.37. The van der Waals surface area contributed by atoms with E-state index in [1.165, 1.54) is 0 Å². The molecule has 0 N–H and O–H groups in total. The molecule has 0 amide bonds. The van der Waals surface area contributed by atoms with Gasteiger partial charge in [-0.25, -0.2) is 0 Å². The summed E-state index contributed by atoms with van der Waals surface area (Å²) in [5.41, 5.74) is 2.80. The molecule has 0 saturated heterocycles. The number of ether oxygens (including phenoxy) is 1. The maximum atomic E-state index is 8.78. The highest BCUT2D eigenvalue weighted by atomic mass is 16.5. The van der Waals surface area contributed by atoms with E-state index in [4.69, 9.17) is 10.00 Å². The van der Waals surface area contributed by atoms with Crippen molar-refractivity contribution in [3.8, 4) is 23.1 Å². The van der Waals surface area contributed by atoms with Crippen LogP contribution in [0.2, 0.25) is 0 Å². The molecule has 0 unspecified atom stereocenters. The predicted molar refractivity (Wildman–Crippen MR) is 65.5 cm³/mol. The summed E-state index contributed by atoms with van der Waals surface area (Å²) in [5.74, 6) is 0.812. The predicted octanol–water partition coefficient (Wildman–Crippen LogP) is 2.82. The first-order valence-corrected chi connectivity index (χ1v) is 5.30. The van der Waals surface area contributed by atoms with Gasteiger partial charge >= 0.3 is 0 Å². The monoisotopic (exact) mass is 224 g/mol. The fraction of sp³-hybridized carbons (Fsp3) is 0.143. The zero-order chi connectivity index (χ0) is 12.1. The minimum absolute atomic E-state index is 0.370. The third-order valence-electron chi connectivity index (χ3n) is 2.52. The molecule has 2 aromatic rings. The molecule has 0 atom stereocenters. The number of aromatic nitrogens is 1. The van der Waals surface area contributed by atoms with Crippen LogP contribution in [0.1, 0.15) is 5.56 Å². The van der Waals surface area contributed by atoms with Crippen LogP contribution in [-0.4, -0.2) is 12.1 Å². The summed E-state index contributed by atoms with van der Waals surface area (Å²) in [6.45, 7) is 0. The van der Waals surface area contributed by atoms with Crippen molar-refractivity contribution in [1.29, 1.82) is 5.26 Å². The molecule has 1 heterocycles. The van der Waals surface area contributed by atoms with E-state index in [0.717, 1.165) is 22.6 Å². The lowest BCUT2D eigenvalue weighted by atomic mass is 10.0. The fourth-order valence-corrected chi connectivity index (χ4v) is 1.68. The molecule has 0 aliphatic carbocycles. The third-order valence-corrected chi connectivity index (χ3v) is 2.52. The highest BCUT2D eigenvalue weighted by Gasteiger charge is 2.05. The van der Waals surface area contributed by atoms with Crippen molar-refractivity contribution in [1.82, 2.24) is 4.98 Å². The van der Waals surface area contributed by atoms with E-state index in [1.807, 2.05) is 36.4 Å². The second-order valence-electron chi connectivity index (χ2n) is 3.57. The molecular formula is C14H12N2O. The van der Waals surface area contributed by atoms with Crippen LogP contribution in [0.25, 0.3) is 11.3 Å². The Bertz CT molecular complexity index is 541. The molecule has 1 aromatic carbocycles. The number of hydrogen-bond donors (Lipinski definition) is 0. The van der Waals surface area contributed by atoms with E-state index in [2.05, 4.69) is 11.1 Å². The molecule has 0 bridgehead atoms. The SMILES string of the molecule is COc1ccc(-c2ncccc2CC#N)cc1. The molecule has 0 spiro atoms. The van der Waals surface area contributed by atoms with Crippen LogP contribution >= 0.6 is 0 Å². The van der Waals surface area contributed by atoms with Gasteiger partial charge in [0.15, 0.2) is 0 Å². The van der Waals surface area contributed by atoms with Gasteiger partial charge in [0.25, 0.3) is 0 Å². The zero-order valence-electron chi connectivity index (χ0n) is 9.55. The van der Waals surface area contributed by atoms with Crippen molar-refractivity contribution in [2.75, 3.05) is 7.11 Å². The van der Waals surface area contributed by atoms with Crippen molar-refractivity contribution in [2.45, 2.75) is 6.42 Å². The summed E-state index contributed by atoms with van der Waals surface area (Å²) < 4.78 is 5.11. The Hall–Kier alpha value is -2.34. The highest BCUT2D eigenvalue weighted by Crippen LogP contribution is 2.23. The molecule has 0 aliphatic rings. The van der Waals surface area contributed by atoms with Gasteiger partial charge in [0.1, 0.15) is 5.75 Å². The zero-order valence-corrected chi connectivity index (χ0v) is 9.55. The van der Waals surface area contributed by atoms with Crippen molar-refractivity contribution < 1.29 is 4.74 Å². The van der Waals surface area contributed by atoms with E-state index < -0.39 is 0 Å². The van der Waals surface area contributed by atoms with E-state index in [-0.39, 0.29) is 0 Å². The van der Waals surface area contributed by atoms with Gasteiger partial charge in [-0.1, -0.05) is 6.07 Å². The number of rotatable bonds is 3. The highest BCUT2D eigenvalue weighted by molar-refractivity contribution is 5.64. The Morgan fingerprint density at radius 2 is 2.00 bits per heavy atom. The maximum Gasteiger partial charge on any atom is 0.118 e. The molecule has 0 aliphatic heterocycles. The molecule has 3 heteroatoms.